The van der Waals surface area contributed by atoms with E-state index in [2.05, 4.69) is 20.7 Å². The molecule has 1 aromatic rings. The van der Waals surface area contributed by atoms with Crippen LogP contribution in [0.15, 0.2) is 28.4 Å². The van der Waals surface area contributed by atoms with E-state index in [1.54, 1.807) is 18.2 Å². The minimum absolute atomic E-state index is 0. The fourth-order valence-electron chi connectivity index (χ4n) is 1.24. The molecule has 0 aromatic carbocycles. The van der Waals surface area contributed by atoms with Crippen LogP contribution in [0.2, 0.25) is 0 Å². The van der Waals surface area contributed by atoms with E-state index in [-0.39, 0.29) is 33.1 Å². The number of pyridine rings is 1. The molecule has 185 valence electrons. The number of hydrazone groups is 2. The van der Waals surface area contributed by atoms with Crippen LogP contribution in [-0.2, 0) is 26.7 Å². The van der Waals surface area contributed by atoms with Gasteiger partial charge in [0.05, 0.1) is 0 Å². The van der Waals surface area contributed by atoms with Gasteiger partial charge in [-0.15, -0.1) is 5.10 Å². The Kier molecular flexibility index (Phi) is 16.9. The Morgan fingerprint density at radius 2 is 1.28 bits per heavy atom. The summed E-state index contributed by atoms with van der Waals surface area (Å²) in [6.07, 6.45) is 0. The number of nitrogens with zero attached hydrogens (tertiary/aromatic N) is 4. The van der Waals surface area contributed by atoms with Crippen molar-refractivity contribution in [1.82, 2.24) is 15.5 Å². The zero-order valence-corrected chi connectivity index (χ0v) is 18.1. The number of hydrazine groups is 1. The summed E-state index contributed by atoms with van der Waals surface area (Å²) in [7, 11) is -12.0. The average molecular weight is 568 g/mol. The van der Waals surface area contributed by atoms with Crippen molar-refractivity contribution in [3.05, 3.63) is 29.6 Å². The summed E-state index contributed by atoms with van der Waals surface area (Å²) < 4.78 is 78.0. The second-order valence-electron chi connectivity index (χ2n) is 4.69. The number of rotatable bonds is 4. The third-order valence-corrected chi connectivity index (χ3v) is 2.73. The van der Waals surface area contributed by atoms with Crippen molar-refractivity contribution >= 4 is 59.9 Å². The van der Waals surface area contributed by atoms with Gasteiger partial charge >= 0.3 is 31.6 Å². The minimum atomic E-state index is -6.00. The maximum Gasteiger partial charge on any atom is 2.00 e. The molecule has 1 aromatic heterocycles. The molecule has 0 unspecified atom stereocenters. The predicted octanol–water partition coefficient (Wildman–Crippen LogP) is 3.34. The van der Waals surface area contributed by atoms with Crippen LogP contribution < -0.4 is 11.4 Å². The van der Waals surface area contributed by atoms with Crippen LogP contribution in [0.3, 0.4) is 0 Å². The summed E-state index contributed by atoms with van der Waals surface area (Å²) in [5.74, 6) is 3.99. The molecular formula is C11H12B2Cl2CuF8N6O2. The van der Waals surface area contributed by atoms with Gasteiger partial charge in [0.25, 0.3) is 0 Å². The molecule has 0 aliphatic rings. The van der Waals surface area contributed by atoms with Crippen LogP contribution in [-0.4, -0.2) is 46.7 Å². The van der Waals surface area contributed by atoms with Crippen molar-refractivity contribution in [2.45, 2.75) is 13.8 Å². The van der Waals surface area contributed by atoms with Gasteiger partial charge in [-0.3, -0.25) is 9.59 Å². The molecular weight excluding hydrogens is 556 g/mol. The van der Waals surface area contributed by atoms with Gasteiger partial charge in [0.1, 0.15) is 11.4 Å². The molecule has 1 rings (SSSR count). The first-order chi connectivity index (χ1) is 13.9. The smallest absolute Gasteiger partial charge is 0.418 e. The number of aromatic nitrogens is 1. The van der Waals surface area contributed by atoms with E-state index >= 15 is 0 Å². The largest absolute Gasteiger partial charge is 2.00 e. The van der Waals surface area contributed by atoms with Crippen LogP contribution in [0.5, 0.6) is 0 Å². The SMILES string of the molecule is CC(=O)N(N/N=C(\Cl)c1cccc(/C(Cl)=N\N)n1)C(C)=O.F[B-](F)(F)F.F[B-](F)(F)F.[Cu+2]. The van der Waals surface area contributed by atoms with Crippen LogP contribution in [0, 0.1) is 0 Å². The Morgan fingerprint density at radius 1 is 0.938 bits per heavy atom. The van der Waals surface area contributed by atoms with Gasteiger partial charge in [0.2, 0.25) is 11.8 Å². The zero-order valence-electron chi connectivity index (χ0n) is 15.7. The summed E-state index contributed by atoms with van der Waals surface area (Å²) in [6, 6.07) is 4.76. The Bertz CT molecular complexity index is 777. The molecule has 0 spiro atoms. The number of nitrogens with one attached hydrogen (secondary N) is 1. The van der Waals surface area contributed by atoms with E-state index in [9.17, 15) is 44.1 Å². The van der Waals surface area contributed by atoms with Gasteiger partial charge in [-0.05, 0) is 12.1 Å². The van der Waals surface area contributed by atoms with Crippen molar-refractivity contribution in [2.75, 3.05) is 0 Å². The molecule has 32 heavy (non-hydrogen) atoms. The number of nitrogens with two attached hydrogens (primary N) is 1. The number of imide groups is 1. The van der Waals surface area contributed by atoms with Crippen molar-refractivity contribution in [1.29, 1.82) is 0 Å². The second-order valence-corrected chi connectivity index (χ2v) is 5.41. The molecule has 1 radical (unpaired) electrons. The molecule has 0 aliphatic heterocycles. The number of hydrogen-bond donors (Lipinski definition) is 2. The number of carbonyl (C=O) groups is 2. The van der Waals surface area contributed by atoms with Crippen molar-refractivity contribution in [2.24, 2.45) is 16.0 Å². The minimum Gasteiger partial charge on any atom is -0.418 e. The quantitative estimate of drug-likeness (QED) is 0.190. The predicted molar refractivity (Wildman–Crippen MR) is 99.9 cm³/mol. The number of hydrogen-bond acceptors (Lipinski definition) is 7. The Morgan fingerprint density at radius 3 is 1.59 bits per heavy atom. The van der Waals surface area contributed by atoms with E-state index in [1.807, 2.05) is 0 Å². The van der Waals surface area contributed by atoms with Gasteiger partial charge in [-0.1, -0.05) is 29.3 Å². The molecule has 0 saturated carbocycles. The zero-order chi connectivity index (χ0) is 25.0. The summed E-state index contributed by atoms with van der Waals surface area (Å²) in [5.41, 5.74) is 2.81. The van der Waals surface area contributed by atoms with Crippen molar-refractivity contribution in [3.63, 3.8) is 0 Å². The molecule has 8 nitrogen and oxygen atoms in total. The second kappa shape index (κ2) is 15.7. The van der Waals surface area contributed by atoms with Crippen molar-refractivity contribution < 1.29 is 61.2 Å². The first-order valence-electron chi connectivity index (χ1n) is 7.32. The van der Waals surface area contributed by atoms with Crippen LogP contribution in [0.1, 0.15) is 25.2 Å². The third-order valence-electron chi connectivity index (χ3n) is 2.16. The van der Waals surface area contributed by atoms with Gasteiger partial charge in [0, 0.05) is 13.8 Å². The van der Waals surface area contributed by atoms with E-state index in [4.69, 9.17) is 29.0 Å². The molecule has 3 N–H and O–H groups in total. The summed E-state index contributed by atoms with van der Waals surface area (Å²) >= 11 is 11.7. The standard InChI is InChI=1S/C11H12Cl2N6O2.2BF4.Cu/c1-6(20)19(7(2)21)18-17-11(13)9-5-3-4-8(15-9)10(12)16-14;2*2-1(3,4)5;/h3-5,18H,14H2,1-2H3;;;/q;2*-1;+2/b16-10+,17-11-;;;. The van der Waals surface area contributed by atoms with E-state index in [1.165, 1.54) is 13.8 Å². The summed E-state index contributed by atoms with van der Waals surface area (Å²) in [4.78, 5) is 26.4. The molecule has 0 saturated heterocycles. The maximum absolute atomic E-state index is 11.2. The molecule has 0 aliphatic carbocycles. The van der Waals surface area contributed by atoms with Gasteiger partial charge in [0.15, 0.2) is 10.3 Å². The van der Waals surface area contributed by atoms with E-state index in [0.717, 1.165) is 0 Å². The fourth-order valence-corrected chi connectivity index (χ4v) is 1.49. The van der Waals surface area contributed by atoms with Crippen molar-refractivity contribution in [3.8, 4) is 0 Å². The van der Waals surface area contributed by atoms with Crippen LogP contribution >= 0.6 is 23.2 Å². The first kappa shape index (κ1) is 34.5. The van der Waals surface area contributed by atoms with E-state index < -0.39 is 26.3 Å². The molecule has 21 heteroatoms. The average Bonchev–Trinajstić information content (AvgIpc) is 2.57. The topological polar surface area (TPSA) is 113 Å². The molecule has 0 bridgehead atoms. The molecule has 2 amide bonds. The van der Waals surface area contributed by atoms with Gasteiger partial charge in [-0.2, -0.15) is 10.1 Å². The Hall–Kier alpha value is -2.10. The first-order valence-corrected chi connectivity index (χ1v) is 8.08. The molecule has 0 fully saturated rings. The summed E-state index contributed by atoms with van der Waals surface area (Å²) in [6.45, 7) is 2.41. The maximum atomic E-state index is 11.2. The normalized spacial score (nSPS) is 11.6. The number of amides is 2. The summed E-state index contributed by atoms with van der Waals surface area (Å²) in [5, 5.41) is 7.63. The Balaban J connectivity index is -0.000000640. The Labute approximate surface area is 196 Å². The van der Waals surface area contributed by atoms with Crippen LogP contribution in [0.25, 0.3) is 0 Å². The van der Waals surface area contributed by atoms with Crippen LogP contribution in [0.4, 0.5) is 34.5 Å². The van der Waals surface area contributed by atoms with E-state index in [0.29, 0.717) is 10.7 Å². The molecule has 1 heterocycles. The number of carbonyl (C=O) groups excluding carboxylic acids is 2. The number of halogens is 10. The fraction of sp³-hybridized carbons (Fsp3) is 0.182. The van der Waals surface area contributed by atoms with Gasteiger partial charge < -0.3 is 40.4 Å². The molecule has 0 atom stereocenters. The monoisotopic (exact) mass is 567 g/mol. The van der Waals surface area contributed by atoms with Gasteiger partial charge in [-0.25, -0.2) is 10.5 Å². The third kappa shape index (κ3) is 21.1.